The van der Waals surface area contributed by atoms with Gasteiger partial charge < -0.3 is 14.8 Å². The zero-order valence-corrected chi connectivity index (χ0v) is 14.8. The van der Waals surface area contributed by atoms with E-state index in [0.717, 1.165) is 50.4 Å². The number of amides is 1. The normalized spacial score (nSPS) is 23.6. The zero-order valence-electron chi connectivity index (χ0n) is 14.8. The predicted octanol–water partition coefficient (Wildman–Crippen LogP) is 2.85. The summed E-state index contributed by atoms with van der Waals surface area (Å²) in [6, 6.07) is 8.16. The number of benzene rings is 1. The zero-order chi connectivity index (χ0) is 17.2. The molecule has 1 aromatic heterocycles. The molecule has 2 aliphatic rings. The lowest BCUT2D eigenvalue weighted by atomic mass is 9.97. The van der Waals surface area contributed by atoms with Crippen LogP contribution in [0.3, 0.4) is 0 Å². The fourth-order valence-electron chi connectivity index (χ4n) is 4.03. The third-order valence-corrected chi connectivity index (χ3v) is 5.46. The third-order valence-electron chi connectivity index (χ3n) is 5.46. The van der Waals surface area contributed by atoms with Gasteiger partial charge in [-0.2, -0.15) is 0 Å². The molecule has 4 rings (SSSR count). The minimum Gasteiger partial charge on any atom is -0.335 e. The number of carbonyl (C=O) groups excluding carboxylic acids is 1. The first-order valence-corrected chi connectivity index (χ1v) is 9.35. The van der Waals surface area contributed by atoms with Gasteiger partial charge in [0.25, 0.3) is 0 Å². The molecule has 5 nitrogen and oxygen atoms in total. The van der Waals surface area contributed by atoms with E-state index in [1.165, 1.54) is 12.0 Å². The van der Waals surface area contributed by atoms with Crippen LogP contribution in [0.4, 0.5) is 5.69 Å². The van der Waals surface area contributed by atoms with E-state index in [-0.39, 0.29) is 11.9 Å². The van der Waals surface area contributed by atoms with Crippen molar-refractivity contribution in [1.82, 2.24) is 14.9 Å². The molecule has 1 fully saturated rings. The lowest BCUT2D eigenvalue weighted by Crippen LogP contribution is -2.51. The molecule has 1 saturated heterocycles. The van der Waals surface area contributed by atoms with E-state index in [9.17, 15) is 4.79 Å². The van der Waals surface area contributed by atoms with Crippen molar-refractivity contribution >= 4 is 11.6 Å². The monoisotopic (exact) mass is 338 g/mol. The fraction of sp³-hybridized carbons (Fsp3) is 0.500. The molecule has 2 aromatic rings. The van der Waals surface area contributed by atoms with Gasteiger partial charge in [-0.1, -0.05) is 17.7 Å². The minimum atomic E-state index is -0.0830. The smallest absolute Gasteiger partial charge is 0.244 e. The van der Waals surface area contributed by atoms with Gasteiger partial charge in [0.05, 0.1) is 6.04 Å². The second kappa shape index (κ2) is 7.00. The molecular weight excluding hydrogens is 312 g/mol. The molecule has 0 aliphatic carbocycles. The van der Waals surface area contributed by atoms with Gasteiger partial charge in [0.1, 0.15) is 5.82 Å². The Morgan fingerprint density at radius 3 is 2.80 bits per heavy atom. The molecule has 1 aromatic carbocycles. The number of anilines is 1. The SMILES string of the molecule is Cc1ccc(N2CCC[C@H](NC[C@@H]3CCCn4ccnc43)C2=O)cc1. The molecule has 0 spiro atoms. The third kappa shape index (κ3) is 3.33. The lowest BCUT2D eigenvalue weighted by molar-refractivity contribution is -0.121. The molecule has 0 bridgehead atoms. The van der Waals surface area contributed by atoms with Crippen molar-refractivity contribution in [3.05, 3.63) is 48.0 Å². The second-order valence-electron chi connectivity index (χ2n) is 7.25. The highest BCUT2D eigenvalue weighted by Gasteiger charge is 2.30. The number of rotatable bonds is 4. The summed E-state index contributed by atoms with van der Waals surface area (Å²) in [5, 5.41) is 3.54. The van der Waals surface area contributed by atoms with E-state index in [4.69, 9.17) is 0 Å². The fourth-order valence-corrected chi connectivity index (χ4v) is 4.03. The number of imidazole rings is 1. The lowest BCUT2D eigenvalue weighted by Gasteiger charge is -2.34. The summed E-state index contributed by atoms with van der Waals surface area (Å²) in [6.07, 6.45) is 8.24. The molecule has 1 amide bonds. The minimum absolute atomic E-state index is 0.0830. The van der Waals surface area contributed by atoms with Crippen LogP contribution in [-0.4, -0.2) is 34.6 Å². The Morgan fingerprint density at radius 1 is 1.16 bits per heavy atom. The number of aryl methyl sites for hydroxylation is 2. The topological polar surface area (TPSA) is 50.2 Å². The van der Waals surface area contributed by atoms with Crippen LogP contribution < -0.4 is 10.2 Å². The summed E-state index contributed by atoms with van der Waals surface area (Å²) >= 11 is 0. The number of fused-ring (bicyclic) bond motifs is 1. The summed E-state index contributed by atoms with van der Waals surface area (Å²) < 4.78 is 2.25. The van der Waals surface area contributed by atoms with Crippen LogP contribution in [0.2, 0.25) is 0 Å². The van der Waals surface area contributed by atoms with Crippen molar-refractivity contribution in [3.63, 3.8) is 0 Å². The largest absolute Gasteiger partial charge is 0.335 e. The Morgan fingerprint density at radius 2 is 1.96 bits per heavy atom. The maximum absolute atomic E-state index is 12.9. The number of nitrogens with one attached hydrogen (secondary N) is 1. The van der Waals surface area contributed by atoms with Crippen molar-refractivity contribution < 1.29 is 4.79 Å². The first-order chi connectivity index (χ1) is 12.2. The first kappa shape index (κ1) is 16.3. The van der Waals surface area contributed by atoms with Gasteiger partial charge in [-0.05, 0) is 44.7 Å². The first-order valence-electron chi connectivity index (χ1n) is 9.35. The van der Waals surface area contributed by atoms with E-state index in [2.05, 4.69) is 40.1 Å². The maximum atomic E-state index is 12.9. The van der Waals surface area contributed by atoms with Crippen LogP contribution in [0.15, 0.2) is 36.7 Å². The molecule has 2 atom stereocenters. The number of hydrogen-bond donors (Lipinski definition) is 1. The van der Waals surface area contributed by atoms with E-state index in [1.54, 1.807) is 0 Å². The van der Waals surface area contributed by atoms with Gasteiger partial charge in [-0.25, -0.2) is 4.98 Å². The molecule has 0 unspecified atom stereocenters. The van der Waals surface area contributed by atoms with Crippen molar-refractivity contribution in [2.24, 2.45) is 0 Å². The van der Waals surface area contributed by atoms with Crippen molar-refractivity contribution in [2.45, 2.75) is 51.1 Å². The van der Waals surface area contributed by atoms with Crippen LogP contribution >= 0.6 is 0 Å². The molecule has 3 heterocycles. The standard InChI is InChI=1S/C20H26N4O/c1-15-6-8-17(9-7-15)24-12-3-5-18(20(24)25)22-14-16-4-2-11-23-13-10-21-19(16)23/h6-10,13,16,18,22H,2-5,11-12,14H2,1H3/t16-,18-/m0/s1. The van der Waals surface area contributed by atoms with Crippen LogP contribution in [-0.2, 0) is 11.3 Å². The Bertz CT molecular complexity index is 736. The Hall–Kier alpha value is -2.14. The van der Waals surface area contributed by atoms with Gasteiger partial charge in [0.2, 0.25) is 5.91 Å². The van der Waals surface area contributed by atoms with E-state index < -0.39 is 0 Å². The quantitative estimate of drug-likeness (QED) is 0.933. The highest BCUT2D eigenvalue weighted by molar-refractivity contribution is 5.97. The van der Waals surface area contributed by atoms with Gasteiger partial charge in [0, 0.05) is 43.6 Å². The molecule has 0 saturated carbocycles. The van der Waals surface area contributed by atoms with Gasteiger partial charge in [0.15, 0.2) is 0 Å². The predicted molar refractivity (Wildman–Crippen MR) is 98.8 cm³/mol. The average Bonchev–Trinajstić information content (AvgIpc) is 3.11. The summed E-state index contributed by atoms with van der Waals surface area (Å²) in [6.45, 7) is 4.78. The van der Waals surface area contributed by atoms with Crippen LogP contribution in [0.5, 0.6) is 0 Å². The molecule has 25 heavy (non-hydrogen) atoms. The summed E-state index contributed by atoms with van der Waals surface area (Å²) in [5.74, 6) is 1.78. The van der Waals surface area contributed by atoms with Crippen molar-refractivity contribution in [3.8, 4) is 0 Å². The van der Waals surface area contributed by atoms with Gasteiger partial charge in [-0.15, -0.1) is 0 Å². The Labute approximate surface area is 149 Å². The second-order valence-corrected chi connectivity index (χ2v) is 7.25. The number of aromatic nitrogens is 2. The molecule has 2 aliphatic heterocycles. The maximum Gasteiger partial charge on any atom is 0.244 e. The van der Waals surface area contributed by atoms with E-state index >= 15 is 0 Å². The Balaban J connectivity index is 1.41. The molecular formula is C20H26N4O. The molecule has 1 N–H and O–H groups in total. The van der Waals surface area contributed by atoms with Crippen molar-refractivity contribution in [2.75, 3.05) is 18.0 Å². The number of carbonyl (C=O) groups is 1. The average molecular weight is 338 g/mol. The van der Waals surface area contributed by atoms with Crippen molar-refractivity contribution in [1.29, 1.82) is 0 Å². The highest BCUT2D eigenvalue weighted by Crippen LogP contribution is 2.26. The molecule has 132 valence electrons. The Kier molecular flexibility index (Phi) is 4.57. The van der Waals surface area contributed by atoms with Gasteiger partial charge in [-0.3, -0.25) is 4.79 Å². The number of hydrogen-bond acceptors (Lipinski definition) is 3. The number of nitrogens with zero attached hydrogens (tertiary/aromatic N) is 3. The van der Waals surface area contributed by atoms with Gasteiger partial charge >= 0.3 is 0 Å². The van der Waals surface area contributed by atoms with Crippen LogP contribution in [0, 0.1) is 6.92 Å². The van der Waals surface area contributed by atoms with E-state index in [1.807, 2.05) is 23.2 Å². The summed E-state index contributed by atoms with van der Waals surface area (Å²) in [7, 11) is 0. The van der Waals surface area contributed by atoms with Crippen LogP contribution in [0.25, 0.3) is 0 Å². The highest BCUT2D eigenvalue weighted by atomic mass is 16.2. The molecule has 0 radical (unpaired) electrons. The molecule has 5 heteroatoms. The summed E-state index contributed by atoms with van der Waals surface area (Å²) in [5.41, 5.74) is 2.23. The van der Waals surface area contributed by atoms with Crippen LogP contribution in [0.1, 0.15) is 43.0 Å². The number of piperidine rings is 1. The van der Waals surface area contributed by atoms with E-state index in [0.29, 0.717) is 5.92 Å². The summed E-state index contributed by atoms with van der Waals surface area (Å²) in [4.78, 5) is 19.4.